The molecular formula is C23H20N2O4. The Bertz CT molecular complexity index is 1100. The molecule has 1 aliphatic carbocycles. The molecule has 0 unspecified atom stereocenters. The van der Waals surface area contributed by atoms with Gasteiger partial charge >= 0.3 is 0 Å². The Labute approximate surface area is 167 Å². The molecule has 2 aliphatic rings. The molecule has 6 nitrogen and oxygen atoms in total. The second-order valence-corrected chi connectivity index (χ2v) is 7.39. The van der Waals surface area contributed by atoms with Gasteiger partial charge in [0.15, 0.2) is 5.78 Å². The third-order valence-electron chi connectivity index (χ3n) is 5.59. The van der Waals surface area contributed by atoms with Crippen molar-refractivity contribution in [2.24, 2.45) is 0 Å². The molecule has 0 spiro atoms. The number of nitrogens with one attached hydrogen (secondary N) is 1. The minimum atomic E-state index is -0.612. The predicted molar refractivity (Wildman–Crippen MR) is 107 cm³/mol. The summed E-state index contributed by atoms with van der Waals surface area (Å²) in [7, 11) is 0. The number of hydrogen-bond donors (Lipinski definition) is 1. The molecule has 1 aromatic carbocycles. The number of rotatable bonds is 2. The molecule has 0 saturated carbocycles. The lowest BCUT2D eigenvalue weighted by molar-refractivity contribution is -0.117. The second-order valence-electron chi connectivity index (χ2n) is 7.39. The Balaban J connectivity index is 1.71. The van der Waals surface area contributed by atoms with Crippen LogP contribution in [0.4, 0.5) is 11.4 Å². The highest BCUT2D eigenvalue weighted by Gasteiger charge is 2.42. The van der Waals surface area contributed by atoms with E-state index in [-0.39, 0.29) is 17.6 Å². The highest BCUT2D eigenvalue weighted by molar-refractivity contribution is 6.05. The Morgan fingerprint density at radius 1 is 1.00 bits per heavy atom. The van der Waals surface area contributed by atoms with Gasteiger partial charge in [0.1, 0.15) is 17.6 Å². The lowest BCUT2D eigenvalue weighted by Crippen LogP contribution is -2.37. The van der Waals surface area contributed by atoms with Gasteiger partial charge in [0.25, 0.3) is 0 Å². The first-order chi connectivity index (χ1) is 14.1. The molecule has 1 N–H and O–H groups in total. The third kappa shape index (κ3) is 2.88. The van der Waals surface area contributed by atoms with Crippen molar-refractivity contribution in [3.8, 4) is 0 Å². The summed E-state index contributed by atoms with van der Waals surface area (Å²) < 4.78 is 11.3. The minimum Gasteiger partial charge on any atom is -0.469 e. The first-order valence-electron chi connectivity index (χ1n) is 9.62. The number of amides is 1. The van der Waals surface area contributed by atoms with Crippen molar-refractivity contribution in [1.82, 2.24) is 0 Å². The summed E-state index contributed by atoms with van der Waals surface area (Å²) in [5, 5.41) is 3.44. The number of Topliss-reactive ketones (excluding diaryl/α,β-unsaturated/α-hetero) is 1. The number of allylic oxidation sites excluding steroid dienone is 1. The molecule has 0 saturated heterocycles. The monoisotopic (exact) mass is 388 g/mol. The predicted octanol–water partition coefficient (Wildman–Crippen LogP) is 4.79. The average molecular weight is 388 g/mol. The van der Waals surface area contributed by atoms with E-state index in [9.17, 15) is 9.59 Å². The van der Waals surface area contributed by atoms with Crippen LogP contribution >= 0.6 is 0 Å². The molecule has 29 heavy (non-hydrogen) atoms. The van der Waals surface area contributed by atoms with Gasteiger partial charge in [0.2, 0.25) is 5.91 Å². The van der Waals surface area contributed by atoms with E-state index in [1.54, 1.807) is 23.5 Å². The molecular weight excluding hydrogens is 368 g/mol. The van der Waals surface area contributed by atoms with Crippen molar-refractivity contribution >= 4 is 23.1 Å². The summed E-state index contributed by atoms with van der Waals surface area (Å²) in [4.78, 5) is 27.8. The zero-order valence-corrected chi connectivity index (χ0v) is 15.9. The number of fused-ring (bicyclic) bond motifs is 1. The van der Waals surface area contributed by atoms with Gasteiger partial charge in [-0.05, 0) is 42.8 Å². The van der Waals surface area contributed by atoms with Crippen molar-refractivity contribution < 1.29 is 18.4 Å². The summed E-state index contributed by atoms with van der Waals surface area (Å²) in [5.74, 6) is 1.14. The van der Waals surface area contributed by atoms with Crippen LogP contribution in [0.3, 0.4) is 0 Å². The number of hydrogen-bond acceptors (Lipinski definition) is 5. The van der Waals surface area contributed by atoms with Crippen molar-refractivity contribution in [3.63, 3.8) is 0 Å². The maximum absolute atomic E-state index is 13.4. The van der Waals surface area contributed by atoms with Crippen molar-refractivity contribution in [3.05, 3.63) is 83.8 Å². The van der Waals surface area contributed by atoms with Gasteiger partial charge in [0, 0.05) is 30.5 Å². The van der Waals surface area contributed by atoms with Gasteiger partial charge in [-0.2, -0.15) is 0 Å². The number of para-hydroxylation sites is 2. The van der Waals surface area contributed by atoms with Crippen molar-refractivity contribution in [1.29, 1.82) is 0 Å². The third-order valence-corrected chi connectivity index (χ3v) is 5.59. The largest absolute Gasteiger partial charge is 0.469 e. The maximum Gasteiger partial charge on any atom is 0.224 e. The topological polar surface area (TPSA) is 75.7 Å². The number of anilines is 2. The highest BCUT2D eigenvalue weighted by atomic mass is 16.3. The van der Waals surface area contributed by atoms with E-state index in [1.807, 2.05) is 42.5 Å². The number of ketones is 1. The van der Waals surface area contributed by atoms with Gasteiger partial charge in [0.05, 0.1) is 23.9 Å². The smallest absolute Gasteiger partial charge is 0.224 e. The summed E-state index contributed by atoms with van der Waals surface area (Å²) in [6, 6.07) is 14.3. The van der Waals surface area contributed by atoms with Crippen LogP contribution in [0.25, 0.3) is 0 Å². The highest BCUT2D eigenvalue weighted by Crippen LogP contribution is 2.47. The van der Waals surface area contributed by atoms with Crippen LogP contribution in [-0.2, 0) is 9.59 Å². The fourth-order valence-corrected chi connectivity index (χ4v) is 4.38. The van der Waals surface area contributed by atoms with Crippen molar-refractivity contribution in [2.75, 3.05) is 10.2 Å². The summed E-state index contributed by atoms with van der Waals surface area (Å²) >= 11 is 0. The molecule has 2 aromatic heterocycles. The SMILES string of the molecule is CC(=O)N1c2ccccc2NC2=C(C(=O)C[C@@H](c3ccco3)C2)[C@@H]1c1ccco1. The van der Waals surface area contributed by atoms with E-state index >= 15 is 0 Å². The van der Waals surface area contributed by atoms with Gasteiger partial charge in [-0.1, -0.05) is 12.1 Å². The number of nitrogens with zero attached hydrogens (tertiary/aromatic N) is 1. The van der Waals surface area contributed by atoms with E-state index in [0.29, 0.717) is 24.2 Å². The number of carbonyl (C=O) groups is 2. The van der Waals surface area contributed by atoms with E-state index in [4.69, 9.17) is 8.83 Å². The zero-order chi connectivity index (χ0) is 20.0. The average Bonchev–Trinajstić information content (AvgIpc) is 3.39. The summed E-state index contributed by atoms with van der Waals surface area (Å²) in [6.45, 7) is 1.51. The molecule has 0 bridgehead atoms. The summed E-state index contributed by atoms with van der Waals surface area (Å²) in [5.41, 5.74) is 2.89. The Morgan fingerprint density at radius 2 is 1.72 bits per heavy atom. The molecule has 2 atom stereocenters. The molecule has 5 rings (SSSR count). The molecule has 0 radical (unpaired) electrons. The summed E-state index contributed by atoms with van der Waals surface area (Å²) in [6.07, 6.45) is 4.14. The number of benzene rings is 1. The van der Waals surface area contributed by atoms with Gasteiger partial charge in [-0.15, -0.1) is 0 Å². The van der Waals surface area contributed by atoms with E-state index < -0.39 is 6.04 Å². The van der Waals surface area contributed by atoms with Crippen LogP contribution in [0, 0.1) is 0 Å². The second kappa shape index (κ2) is 6.81. The fourth-order valence-electron chi connectivity index (χ4n) is 4.38. The Morgan fingerprint density at radius 3 is 2.41 bits per heavy atom. The molecule has 3 heterocycles. The standard InChI is InChI=1S/C23H20N2O4/c1-14(26)25-18-7-3-2-6-16(18)24-17-12-15(20-8-4-10-28-20)13-19(27)22(17)23(25)21-9-5-11-29-21/h2-11,15,23-24H,12-13H2,1H3/t15-,23-/m0/s1. The van der Waals surface area contributed by atoms with Crippen LogP contribution in [-0.4, -0.2) is 11.7 Å². The van der Waals surface area contributed by atoms with Crippen LogP contribution in [0.5, 0.6) is 0 Å². The maximum atomic E-state index is 13.4. The van der Waals surface area contributed by atoms with Crippen LogP contribution < -0.4 is 10.2 Å². The first-order valence-corrected chi connectivity index (χ1v) is 9.62. The lowest BCUT2D eigenvalue weighted by Gasteiger charge is -2.32. The molecule has 1 aliphatic heterocycles. The van der Waals surface area contributed by atoms with E-state index in [1.165, 1.54) is 6.92 Å². The van der Waals surface area contributed by atoms with Crippen LogP contribution in [0.2, 0.25) is 0 Å². The molecule has 1 amide bonds. The zero-order valence-electron chi connectivity index (χ0n) is 15.9. The quantitative estimate of drug-likeness (QED) is 0.683. The minimum absolute atomic E-state index is 0.0133. The van der Waals surface area contributed by atoms with Crippen molar-refractivity contribution in [2.45, 2.75) is 31.7 Å². The normalized spacial score (nSPS) is 21.3. The first kappa shape index (κ1) is 17.6. The lowest BCUT2D eigenvalue weighted by atomic mass is 9.81. The number of furan rings is 2. The Kier molecular flexibility index (Phi) is 4.12. The van der Waals surface area contributed by atoms with E-state index in [0.717, 1.165) is 22.8 Å². The van der Waals surface area contributed by atoms with Crippen LogP contribution in [0.15, 0.2) is 81.2 Å². The van der Waals surface area contributed by atoms with Gasteiger partial charge in [-0.3, -0.25) is 14.5 Å². The van der Waals surface area contributed by atoms with Crippen LogP contribution in [0.1, 0.15) is 43.2 Å². The van der Waals surface area contributed by atoms with Gasteiger partial charge < -0.3 is 14.2 Å². The molecule has 3 aromatic rings. The molecule has 6 heteroatoms. The fraction of sp³-hybridized carbons (Fsp3) is 0.217. The van der Waals surface area contributed by atoms with Gasteiger partial charge in [-0.25, -0.2) is 0 Å². The Hall–Kier alpha value is -3.54. The molecule has 146 valence electrons. The number of carbonyl (C=O) groups excluding carboxylic acids is 2. The molecule has 0 fully saturated rings. The van der Waals surface area contributed by atoms with E-state index in [2.05, 4.69) is 5.32 Å².